The lowest BCUT2D eigenvalue weighted by atomic mass is 10.1. The summed E-state index contributed by atoms with van der Waals surface area (Å²) in [6.07, 6.45) is 0. The Labute approximate surface area is 100 Å². The topological polar surface area (TPSA) is 147 Å². The van der Waals surface area contributed by atoms with Crippen LogP contribution in [0.1, 0.15) is 16.1 Å². The lowest BCUT2D eigenvalue weighted by molar-refractivity contribution is -0.620. The fourth-order valence-electron chi connectivity index (χ4n) is 1.65. The molecule has 0 aliphatic carbocycles. The number of amides is 1. The Morgan fingerprint density at radius 1 is 1.33 bits per heavy atom. The highest BCUT2D eigenvalue weighted by Gasteiger charge is 2.26. The van der Waals surface area contributed by atoms with Crippen LogP contribution in [-0.4, -0.2) is 5.91 Å². The summed E-state index contributed by atoms with van der Waals surface area (Å²) in [5.74, 6) is -1.44. The van der Waals surface area contributed by atoms with E-state index in [1.54, 1.807) is 0 Å². The van der Waals surface area contributed by atoms with Crippen LogP contribution in [0.4, 0.5) is 5.82 Å². The molecule has 1 heterocycles. The number of rotatable bonds is 1. The van der Waals surface area contributed by atoms with Crippen molar-refractivity contribution in [2.75, 3.05) is 5.73 Å². The fourth-order valence-corrected chi connectivity index (χ4v) is 1.65. The molecule has 1 amide bonds. The lowest BCUT2D eigenvalue weighted by Crippen LogP contribution is -2.44. The predicted octanol–water partition coefficient (Wildman–Crippen LogP) is -1.34. The molecule has 8 heteroatoms. The third-order valence-electron chi connectivity index (χ3n) is 2.47. The van der Waals surface area contributed by atoms with Crippen molar-refractivity contribution in [3.8, 4) is 6.07 Å². The molecule has 90 valence electrons. The van der Waals surface area contributed by atoms with Crippen LogP contribution in [0.5, 0.6) is 0 Å². The summed E-state index contributed by atoms with van der Waals surface area (Å²) in [7, 11) is 0. The molecule has 1 aromatic heterocycles. The number of para-hydroxylation sites is 1. The Kier molecular flexibility index (Phi) is 2.37. The fraction of sp³-hybridized carbons (Fsp3) is 0. The SMILES string of the molecule is N#Cc1c(N)[n+]([O-])c2c(C(N)=O)cccc2[n+]1[O-]. The standard InChI is InChI=1S/C10H7N5O3/c11-4-7-9(12)15(18)8-5(10(13)16)2-1-3-6(8)14(7)17/h1-3H,12H2,(H2,13,16). The van der Waals surface area contributed by atoms with E-state index in [0.29, 0.717) is 0 Å². The minimum absolute atomic E-state index is 0.136. The van der Waals surface area contributed by atoms with Crippen LogP contribution in [0, 0.1) is 21.7 Å². The van der Waals surface area contributed by atoms with Crippen LogP contribution in [0.2, 0.25) is 0 Å². The number of fused-ring (bicyclic) bond motifs is 1. The van der Waals surface area contributed by atoms with Crippen LogP contribution in [0.25, 0.3) is 11.0 Å². The number of carbonyl (C=O) groups excluding carboxylic acids is 1. The van der Waals surface area contributed by atoms with E-state index in [1.807, 2.05) is 0 Å². The number of carbonyl (C=O) groups is 1. The second kappa shape index (κ2) is 3.74. The molecular formula is C10H7N5O3. The molecule has 18 heavy (non-hydrogen) atoms. The molecule has 0 radical (unpaired) electrons. The Hall–Kier alpha value is -3.08. The highest BCUT2D eigenvalue weighted by molar-refractivity contribution is 6.02. The summed E-state index contributed by atoms with van der Waals surface area (Å²) in [6.45, 7) is 0. The summed E-state index contributed by atoms with van der Waals surface area (Å²) in [4.78, 5) is 11.2. The van der Waals surface area contributed by atoms with Gasteiger partial charge in [-0.2, -0.15) is 5.26 Å². The summed E-state index contributed by atoms with van der Waals surface area (Å²) in [5, 5.41) is 32.5. The van der Waals surface area contributed by atoms with Gasteiger partial charge >= 0.3 is 11.5 Å². The number of nitrogens with two attached hydrogens (primary N) is 2. The molecule has 1 aromatic carbocycles. The van der Waals surface area contributed by atoms with Crippen LogP contribution >= 0.6 is 0 Å². The van der Waals surface area contributed by atoms with Crippen molar-refractivity contribution < 1.29 is 14.3 Å². The van der Waals surface area contributed by atoms with Gasteiger partial charge in [0.15, 0.2) is 6.07 Å². The minimum Gasteiger partial charge on any atom is -0.710 e. The molecule has 0 atom stereocenters. The van der Waals surface area contributed by atoms with Gasteiger partial charge in [-0.3, -0.25) is 10.5 Å². The third-order valence-corrected chi connectivity index (χ3v) is 2.47. The number of nitrogen functional groups attached to an aromatic ring is 1. The Morgan fingerprint density at radius 3 is 2.56 bits per heavy atom. The van der Waals surface area contributed by atoms with Crippen molar-refractivity contribution in [2.24, 2.45) is 5.73 Å². The number of aromatic nitrogens is 2. The molecule has 0 aliphatic heterocycles. The monoisotopic (exact) mass is 245 g/mol. The Morgan fingerprint density at radius 2 is 2.00 bits per heavy atom. The van der Waals surface area contributed by atoms with E-state index in [1.165, 1.54) is 24.3 Å². The van der Waals surface area contributed by atoms with Gasteiger partial charge in [0.2, 0.25) is 5.52 Å². The number of primary amides is 1. The van der Waals surface area contributed by atoms with E-state index in [9.17, 15) is 15.2 Å². The van der Waals surface area contributed by atoms with Gasteiger partial charge in [0.1, 0.15) is 0 Å². The van der Waals surface area contributed by atoms with Crippen molar-refractivity contribution in [2.45, 2.75) is 0 Å². The summed E-state index contributed by atoms with van der Waals surface area (Å²) >= 11 is 0. The van der Waals surface area contributed by atoms with Crippen molar-refractivity contribution >= 4 is 22.8 Å². The second-order valence-corrected chi connectivity index (χ2v) is 3.47. The van der Waals surface area contributed by atoms with E-state index in [-0.39, 0.29) is 26.1 Å². The second-order valence-electron chi connectivity index (χ2n) is 3.47. The van der Waals surface area contributed by atoms with Gasteiger partial charge in [-0.1, -0.05) is 6.07 Å². The highest BCUT2D eigenvalue weighted by atomic mass is 16.5. The van der Waals surface area contributed by atoms with Crippen molar-refractivity contribution in [1.82, 2.24) is 0 Å². The predicted molar refractivity (Wildman–Crippen MR) is 59.5 cm³/mol. The smallest absolute Gasteiger partial charge is 0.385 e. The molecule has 0 spiro atoms. The molecule has 0 fully saturated rings. The molecule has 2 aromatic rings. The number of benzene rings is 1. The molecule has 4 N–H and O–H groups in total. The highest BCUT2D eigenvalue weighted by Crippen LogP contribution is 2.14. The Bertz CT molecular complexity index is 720. The summed E-state index contributed by atoms with van der Waals surface area (Å²) in [5.41, 5.74) is 9.43. The van der Waals surface area contributed by atoms with Gasteiger partial charge < -0.3 is 16.1 Å². The largest absolute Gasteiger partial charge is 0.710 e. The maximum absolute atomic E-state index is 11.9. The molecular weight excluding hydrogens is 238 g/mol. The van der Waals surface area contributed by atoms with Crippen LogP contribution in [-0.2, 0) is 0 Å². The molecule has 0 saturated heterocycles. The van der Waals surface area contributed by atoms with Gasteiger partial charge in [-0.25, -0.2) is 4.73 Å². The van der Waals surface area contributed by atoms with E-state index < -0.39 is 17.4 Å². The molecule has 0 saturated carbocycles. The lowest BCUT2D eigenvalue weighted by Gasteiger charge is -2.12. The van der Waals surface area contributed by atoms with Crippen molar-refractivity contribution in [1.29, 1.82) is 5.26 Å². The first-order valence-electron chi connectivity index (χ1n) is 4.76. The number of nitrogens with zero attached hydrogens (tertiary/aromatic N) is 3. The van der Waals surface area contributed by atoms with Crippen molar-refractivity contribution in [3.63, 3.8) is 0 Å². The van der Waals surface area contributed by atoms with E-state index in [4.69, 9.17) is 16.7 Å². The van der Waals surface area contributed by atoms with E-state index >= 15 is 0 Å². The van der Waals surface area contributed by atoms with Crippen LogP contribution in [0.15, 0.2) is 18.2 Å². The molecule has 0 bridgehead atoms. The van der Waals surface area contributed by atoms with Gasteiger partial charge in [-0.05, 0) is 6.07 Å². The molecule has 8 nitrogen and oxygen atoms in total. The van der Waals surface area contributed by atoms with E-state index in [2.05, 4.69) is 0 Å². The maximum atomic E-state index is 11.9. The first-order valence-corrected chi connectivity index (χ1v) is 4.76. The van der Waals surface area contributed by atoms with Crippen LogP contribution < -0.4 is 20.9 Å². The molecule has 0 unspecified atom stereocenters. The van der Waals surface area contributed by atoms with Gasteiger partial charge in [-0.15, -0.1) is 4.73 Å². The van der Waals surface area contributed by atoms with Gasteiger partial charge in [0, 0.05) is 6.07 Å². The summed E-state index contributed by atoms with van der Waals surface area (Å²) in [6, 6.07) is 5.51. The number of hydrogen-bond acceptors (Lipinski definition) is 5. The van der Waals surface area contributed by atoms with E-state index in [0.717, 1.165) is 0 Å². The minimum atomic E-state index is -0.866. The third kappa shape index (κ3) is 1.35. The average molecular weight is 245 g/mol. The average Bonchev–Trinajstić information content (AvgIpc) is 2.36. The molecule has 2 rings (SSSR count). The molecule has 0 aliphatic rings. The first-order chi connectivity index (χ1) is 8.49. The number of anilines is 1. The zero-order valence-corrected chi connectivity index (χ0v) is 8.95. The Balaban J connectivity index is 3.08. The van der Waals surface area contributed by atoms with Crippen molar-refractivity contribution in [3.05, 3.63) is 39.9 Å². The van der Waals surface area contributed by atoms with Gasteiger partial charge in [0.05, 0.1) is 5.56 Å². The summed E-state index contributed by atoms with van der Waals surface area (Å²) < 4.78 is 0.355. The zero-order chi connectivity index (χ0) is 13.4. The first kappa shape index (κ1) is 11.4. The normalized spacial score (nSPS) is 10.2. The zero-order valence-electron chi connectivity index (χ0n) is 8.95. The van der Waals surface area contributed by atoms with Crippen LogP contribution in [0.3, 0.4) is 0 Å². The van der Waals surface area contributed by atoms with Gasteiger partial charge in [0.25, 0.3) is 11.4 Å². The number of nitriles is 1. The maximum Gasteiger partial charge on any atom is 0.385 e. The number of hydrogen-bond donors (Lipinski definition) is 2. The quantitative estimate of drug-likeness (QED) is 0.471.